The van der Waals surface area contributed by atoms with Gasteiger partial charge in [-0.25, -0.2) is 0 Å². The quantitative estimate of drug-likeness (QED) is 0.346. The van der Waals surface area contributed by atoms with Crippen LogP contribution in [-0.4, -0.2) is 10.8 Å². The molecule has 150 valence electrons. The van der Waals surface area contributed by atoms with Crippen molar-refractivity contribution >= 4 is 39.1 Å². The highest BCUT2D eigenvalue weighted by Gasteiger charge is 2.53. The minimum absolute atomic E-state index is 0.0246. The average molecular weight is 476 g/mol. The Kier molecular flexibility index (Phi) is 6.49. The Bertz CT molecular complexity index is 987. The van der Waals surface area contributed by atoms with Gasteiger partial charge in [-0.1, -0.05) is 88.7 Å². The summed E-state index contributed by atoms with van der Waals surface area (Å²) in [4.78, 5) is 0. The number of aliphatic hydroxyl groups excluding tert-OH is 1. The molecule has 2 atom stereocenters. The molecule has 0 unspecified atom stereocenters. The Hall–Kier alpha value is -2.25. The van der Waals surface area contributed by atoms with Crippen molar-refractivity contribution in [2.24, 2.45) is 0 Å². The first kappa shape index (κ1) is 21.0. The maximum Gasteiger partial charge on any atom is 0.117 e. The van der Waals surface area contributed by atoms with E-state index in [2.05, 4.69) is 114 Å². The molecular formula is C27H25BrOP+. The Morgan fingerprint density at radius 2 is 0.967 bits per heavy atom. The lowest BCUT2D eigenvalue weighted by Gasteiger charge is -2.35. The predicted octanol–water partition coefficient (Wildman–Crippen LogP) is 5.87. The molecule has 0 spiro atoms. The van der Waals surface area contributed by atoms with E-state index in [9.17, 15) is 5.11 Å². The van der Waals surface area contributed by atoms with Gasteiger partial charge < -0.3 is 5.11 Å². The lowest BCUT2D eigenvalue weighted by Crippen LogP contribution is -2.40. The van der Waals surface area contributed by atoms with Gasteiger partial charge in [0.05, 0.1) is 0 Å². The van der Waals surface area contributed by atoms with Crippen molar-refractivity contribution in [3.05, 3.63) is 125 Å². The number of benzene rings is 4. The second-order valence-corrected chi connectivity index (χ2v) is 12.1. The molecule has 4 aromatic rings. The molecule has 0 amide bonds. The van der Waals surface area contributed by atoms with Gasteiger partial charge in [0.2, 0.25) is 0 Å². The van der Waals surface area contributed by atoms with Crippen molar-refractivity contribution < 1.29 is 5.11 Å². The van der Waals surface area contributed by atoms with Crippen LogP contribution in [0.2, 0.25) is 0 Å². The van der Waals surface area contributed by atoms with Crippen LogP contribution in [0.3, 0.4) is 0 Å². The van der Waals surface area contributed by atoms with Gasteiger partial charge >= 0.3 is 0 Å². The van der Waals surface area contributed by atoms with Gasteiger partial charge in [0, 0.05) is 4.47 Å². The van der Waals surface area contributed by atoms with E-state index < -0.39 is 13.4 Å². The van der Waals surface area contributed by atoms with Gasteiger partial charge in [-0.3, -0.25) is 0 Å². The van der Waals surface area contributed by atoms with E-state index in [1.54, 1.807) is 0 Å². The molecule has 0 radical (unpaired) electrons. The molecule has 4 rings (SSSR count). The lowest BCUT2D eigenvalue weighted by molar-refractivity contribution is 0.177. The fourth-order valence-electron chi connectivity index (χ4n) is 4.33. The molecule has 0 aromatic heterocycles. The average Bonchev–Trinajstić information content (AvgIpc) is 2.81. The molecule has 0 aliphatic carbocycles. The zero-order valence-electron chi connectivity index (χ0n) is 16.9. The van der Waals surface area contributed by atoms with Crippen LogP contribution in [0, 0.1) is 0 Å². The topological polar surface area (TPSA) is 20.2 Å². The molecular weight excluding hydrogens is 451 g/mol. The van der Waals surface area contributed by atoms with Crippen LogP contribution in [0.25, 0.3) is 0 Å². The largest absolute Gasteiger partial charge is 0.384 e. The Balaban J connectivity index is 2.01. The van der Waals surface area contributed by atoms with Crippen LogP contribution in [0.15, 0.2) is 120 Å². The third-order valence-electron chi connectivity index (χ3n) is 5.78. The van der Waals surface area contributed by atoms with Crippen LogP contribution in [0.5, 0.6) is 0 Å². The van der Waals surface area contributed by atoms with Gasteiger partial charge in [-0.15, -0.1) is 0 Å². The second kappa shape index (κ2) is 9.27. The third-order valence-corrected chi connectivity index (χ3v) is 11.3. The van der Waals surface area contributed by atoms with Crippen LogP contribution in [0.4, 0.5) is 0 Å². The first-order valence-corrected chi connectivity index (χ1v) is 12.8. The van der Waals surface area contributed by atoms with Crippen molar-refractivity contribution in [2.75, 3.05) is 0 Å². The van der Waals surface area contributed by atoms with Gasteiger partial charge in [-0.2, -0.15) is 0 Å². The molecule has 3 heteroatoms. The summed E-state index contributed by atoms with van der Waals surface area (Å²) >= 11 is 3.65. The van der Waals surface area contributed by atoms with Crippen molar-refractivity contribution in [3.8, 4) is 0 Å². The fraction of sp³-hybridized carbons (Fsp3) is 0.111. The predicted molar refractivity (Wildman–Crippen MR) is 134 cm³/mol. The van der Waals surface area contributed by atoms with E-state index in [4.69, 9.17) is 0 Å². The highest BCUT2D eigenvalue weighted by atomic mass is 79.9. The summed E-state index contributed by atoms with van der Waals surface area (Å²) in [5.41, 5.74) is 0.903. The Morgan fingerprint density at radius 1 is 0.600 bits per heavy atom. The summed E-state index contributed by atoms with van der Waals surface area (Å²) in [6.07, 6.45) is -0.616. The van der Waals surface area contributed by atoms with Crippen molar-refractivity contribution in [2.45, 2.75) is 18.7 Å². The number of aliphatic hydroxyl groups is 1. The van der Waals surface area contributed by atoms with Crippen molar-refractivity contribution in [1.29, 1.82) is 0 Å². The SMILES string of the molecule is C[C@@H]([C@H](O)c1ccccc1Br)[P+](c1ccccc1)(c1ccccc1)c1ccccc1. The molecule has 1 N–H and O–H groups in total. The second-order valence-electron chi connectivity index (χ2n) is 7.44. The zero-order chi connectivity index (χ0) is 21.0. The molecule has 0 saturated heterocycles. The highest BCUT2D eigenvalue weighted by Crippen LogP contribution is 2.62. The van der Waals surface area contributed by atoms with E-state index in [1.165, 1.54) is 15.9 Å². The molecule has 4 aromatic carbocycles. The number of halogens is 1. The Labute approximate surface area is 187 Å². The molecule has 0 saturated carbocycles. The van der Waals surface area contributed by atoms with Crippen molar-refractivity contribution in [1.82, 2.24) is 0 Å². The minimum atomic E-state index is -2.16. The van der Waals surface area contributed by atoms with Crippen LogP contribution < -0.4 is 15.9 Å². The van der Waals surface area contributed by atoms with E-state index in [0.29, 0.717) is 0 Å². The molecule has 0 heterocycles. The molecule has 0 bridgehead atoms. The van der Waals surface area contributed by atoms with Crippen molar-refractivity contribution in [3.63, 3.8) is 0 Å². The molecule has 1 nitrogen and oxygen atoms in total. The van der Waals surface area contributed by atoms with E-state index in [0.717, 1.165) is 10.0 Å². The summed E-state index contributed by atoms with van der Waals surface area (Å²) in [6, 6.07) is 40.1. The zero-order valence-corrected chi connectivity index (χ0v) is 19.4. The summed E-state index contributed by atoms with van der Waals surface area (Å²) in [5.74, 6) is 0. The smallest absolute Gasteiger partial charge is 0.117 e. The first-order valence-electron chi connectivity index (χ1n) is 10.1. The van der Waals surface area contributed by atoms with Gasteiger partial charge in [0.1, 0.15) is 34.9 Å². The van der Waals surface area contributed by atoms with E-state index in [-0.39, 0.29) is 5.66 Å². The van der Waals surface area contributed by atoms with Crippen LogP contribution >= 0.6 is 23.2 Å². The van der Waals surface area contributed by atoms with Gasteiger partial charge in [0.25, 0.3) is 0 Å². The summed E-state index contributed by atoms with van der Waals surface area (Å²) in [6.45, 7) is 2.20. The third kappa shape index (κ3) is 3.76. The van der Waals surface area contributed by atoms with E-state index >= 15 is 0 Å². The molecule has 0 aliphatic rings. The number of rotatable bonds is 6. The van der Waals surface area contributed by atoms with E-state index in [1.807, 2.05) is 24.3 Å². The molecule has 30 heavy (non-hydrogen) atoms. The van der Waals surface area contributed by atoms with Gasteiger partial charge in [0.15, 0.2) is 0 Å². The normalized spacial score (nSPS) is 13.6. The molecule has 0 aliphatic heterocycles. The standard InChI is InChI=1S/C27H25BrOP/c1-21(27(29)25-19-11-12-20-26(25)28)30(22-13-5-2-6-14-22,23-15-7-3-8-16-23)24-17-9-4-10-18-24/h2-21,27,29H,1H3/q+1/t21-,27-/m0/s1. The highest BCUT2D eigenvalue weighted by molar-refractivity contribution is 9.10. The first-order chi connectivity index (χ1) is 14.7. The fourth-order valence-corrected chi connectivity index (χ4v) is 9.66. The maximum absolute atomic E-state index is 11.7. The minimum Gasteiger partial charge on any atom is -0.384 e. The lowest BCUT2D eigenvalue weighted by atomic mass is 10.1. The monoisotopic (exact) mass is 475 g/mol. The summed E-state index contributed by atoms with van der Waals surface area (Å²) < 4.78 is 0.941. The molecule has 0 fully saturated rings. The van der Waals surface area contributed by atoms with Crippen LogP contribution in [0.1, 0.15) is 18.6 Å². The number of hydrogen-bond donors (Lipinski definition) is 1. The van der Waals surface area contributed by atoms with Gasteiger partial charge in [-0.05, 0) is 55.0 Å². The summed E-state index contributed by atoms with van der Waals surface area (Å²) in [7, 11) is -2.16. The summed E-state index contributed by atoms with van der Waals surface area (Å²) in [5, 5.41) is 15.5. The Morgan fingerprint density at radius 3 is 1.37 bits per heavy atom. The number of hydrogen-bond acceptors (Lipinski definition) is 1. The van der Waals surface area contributed by atoms with Crippen LogP contribution in [-0.2, 0) is 0 Å². The maximum atomic E-state index is 11.7.